The molecule has 1 aliphatic rings. The summed E-state index contributed by atoms with van der Waals surface area (Å²) in [5.41, 5.74) is 4.19. The maximum absolute atomic E-state index is 12.2. The first-order valence-electron chi connectivity index (χ1n) is 8.37. The molecule has 0 saturated heterocycles. The second-order valence-electron chi connectivity index (χ2n) is 6.38. The van der Waals surface area contributed by atoms with E-state index in [1.807, 2.05) is 18.2 Å². The van der Waals surface area contributed by atoms with Crippen LogP contribution >= 0.6 is 0 Å². The summed E-state index contributed by atoms with van der Waals surface area (Å²) in [6.45, 7) is 2.07. The van der Waals surface area contributed by atoms with Crippen LogP contribution < -0.4 is 14.8 Å². The molecule has 130 valence electrons. The average molecular weight is 337 g/mol. The highest BCUT2D eigenvalue weighted by molar-refractivity contribution is 5.92. The highest BCUT2D eigenvalue weighted by atomic mass is 16.5. The summed E-state index contributed by atoms with van der Waals surface area (Å²) < 4.78 is 10.6. The number of ether oxygens (including phenoxy) is 2. The van der Waals surface area contributed by atoms with Crippen molar-refractivity contribution >= 4 is 11.5 Å². The second kappa shape index (κ2) is 7.43. The van der Waals surface area contributed by atoms with E-state index >= 15 is 0 Å². The molecule has 0 spiro atoms. The van der Waals surface area contributed by atoms with Crippen LogP contribution in [0, 0.1) is 6.92 Å². The van der Waals surface area contributed by atoms with E-state index in [0.717, 1.165) is 17.8 Å². The van der Waals surface area contributed by atoms with Crippen molar-refractivity contribution in [2.45, 2.75) is 25.7 Å². The van der Waals surface area contributed by atoms with Gasteiger partial charge in [0.1, 0.15) is 11.5 Å². The second-order valence-corrected chi connectivity index (χ2v) is 6.38. The summed E-state index contributed by atoms with van der Waals surface area (Å²) in [4.78, 5) is 12.2. The van der Waals surface area contributed by atoms with E-state index in [0.29, 0.717) is 17.9 Å². The van der Waals surface area contributed by atoms with E-state index in [-0.39, 0.29) is 11.7 Å². The van der Waals surface area contributed by atoms with Crippen molar-refractivity contribution in [3.8, 4) is 11.5 Å². The molecule has 0 bridgehead atoms. The van der Waals surface area contributed by atoms with Crippen molar-refractivity contribution in [3.05, 3.63) is 65.4 Å². The quantitative estimate of drug-likeness (QED) is 0.875. The van der Waals surface area contributed by atoms with Gasteiger partial charge in [0.15, 0.2) is 5.78 Å². The molecule has 1 N–H and O–H groups in total. The zero-order valence-corrected chi connectivity index (χ0v) is 14.8. The Balaban J connectivity index is 1.80. The van der Waals surface area contributed by atoms with E-state index in [1.165, 1.54) is 11.1 Å². The standard InChI is InChI=1S/C21H23NO3/c1-14-4-6-15(7-5-14)16-8-17(10-19(23)9-16)22-18-11-20(24-2)13-21(12-18)25-3/h4-7,10-13,16,22H,8-9H2,1-3H3/t16-/m0/s1. The minimum absolute atomic E-state index is 0.147. The molecule has 0 amide bonds. The fourth-order valence-corrected chi connectivity index (χ4v) is 3.12. The van der Waals surface area contributed by atoms with E-state index < -0.39 is 0 Å². The Morgan fingerprint density at radius 3 is 2.20 bits per heavy atom. The molecule has 0 aliphatic heterocycles. The third-order valence-corrected chi connectivity index (χ3v) is 4.45. The van der Waals surface area contributed by atoms with Crippen LogP contribution in [0.25, 0.3) is 0 Å². The van der Waals surface area contributed by atoms with Gasteiger partial charge in [0.25, 0.3) is 0 Å². The monoisotopic (exact) mass is 337 g/mol. The third-order valence-electron chi connectivity index (χ3n) is 4.45. The van der Waals surface area contributed by atoms with Crippen molar-refractivity contribution in [1.82, 2.24) is 0 Å². The minimum Gasteiger partial charge on any atom is -0.497 e. The summed E-state index contributed by atoms with van der Waals surface area (Å²) in [6.07, 6.45) is 3.06. The Hall–Kier alpha value is -2.75. The van der Waals surface area contributed by atoms with Crippen molar-refractivity contribution in [1.29, 1.82) is 0 Å². The van der Waals surface area contributed by atoms with Crippen molar-refractivity contribution < 1.29 is 14.3 Å². The van der Waals surface area contributed by atoms with E-state index in [2.05, 4.69) is 36.5 Å². The van der Waals surface area contributed by atoms with E-state index in [1.54, 1.807) is 20.3 Å². The van der Waals surface area contributed by atoms with E-state index in [9.17, 15) is 4.79 Å². The molecule has 25 heavy (non-hydrogen) atoms. The number of hydrogen-bond donors (Lipinski definition) is 1. The zero-order valence-electron chi connectivity index (χ0n) is 14.8. The molecule has 0 heterocycles. The predicted octanol–water partition coefficient (Wildman–Crippen LogP) is 4.45. The first-order chi connectivity index (χ1) is 12.1. The maximum atomic E-state index is 12.2. The smallest absolute Gasteiger partial charge is 0.158 e. The molecule has 0 unspecified atom stereocenters. The number of carbonyl (C=O) groups is 1. The first-order valence-corrected chi connectivity index (χ1v) is 8.37. The predicted molar refractivity (Wildman–Crippen MR) is 99.4 cm³/mol. The number of methoxy groups -OCH3 is 2. The van der Waals surface area contributed by atoms with Crippen molar-refractivity contribution in [2.75, 3.05) is 19.5 Å². The maximum Gasteiger partial charge on any atom is 0.158 e. The van der Waals surface area contributed by atoms with Gasteiger partial charge in [-0.2, -0.15) is 0 Å². The van der Waals surface area contributed by atoms with Crippen LogP contribution in [-0.2, 0) is 4.79 Å². The molecule has 1 atom stereocenters. The number of aryl methyl sites for hydroxylation is 1. The van der Waals surface area contributed by atoms with Gasteiger partial charge in [-0.3, -0.25) is 4.79 Å². The minimum atomic E-state index is 0.147. The van der Waals surface area contributed by atoms with Crippen LogP contribution in [0.15, 0.2) is 54.2 Å². The SMILES string of the molecule is COc1cc(NC2=CC(=O)C[C@@H](c3ccc(C)cc3)C2)cc(OC)c1. The Labute approximate surface area is 148 Å². The zero-order chi connectivity index (χ0) is 17.8. The summed E-state index contributed by atoms with van der Waals surface area (Å²) in [6, 6.07) is 14.0. The van der Waals surface area contributed by atoms with Crippen LogP contribution in [0.2, 0.25) is 0 Å². The summed E-state index contributed by atoms with van der Waals surface area (Å²) in [7, 11) is 3.24. The molecule has 4 nitrogen and oxygen atoms in total. The lowest BCUT2D eigenvalue weighted by Crippen LogP contribution is -2.16. The third kappa shape index (κ3) is 4.21. The molecule has 3 rings (SSSR count). The van der Waals surface area contributed by atoms with Gasteiger partial charge in [0, 0.05) is 42.1 Å². The Morgan fingerprint density at radius 1 is 0.960 bits per heavy atom. The van der Waals surface area contributed by atoms with Crippen LogP contribution in [0.5, 0.6) is 11.5 Å². The number of nitrogens with one attached hydrogen (secondary N) is 1. The van der Waals surface area contributed by atoms with Crippen LogP contribution in [-0.4, -0.2) is 20.0 Å². The Bertz CT molecular complexity index is 771. The molecule has 0 radical (unpaired) electrons. The highest BCUT2D eigenvalue weighted by Crippen LogP contribution is 2.33. The van der Waals surface area contributed by atoms with Crippen molar-refractivity contribution in [2.24, 2.45) is 0 Å². The van der Waals surface area contributed by atoms with Gasteiger partial charge in [0.05, 0.1) is 14.2 Å². The molecule has 1 aliphatic carbocycles. The molecule has 0 saturated carbocycles. The Kier molecular flexibility index (Phi) is 5.08. The van der Waals surface area contributed by atoms with Gasteiger partial charge in [-0.15, -0.1) is 0 Å². The normalized spacial score (nSPS) is 17.0. The molecular formula is C21H23NO3. The fraction of sp³-hybridized carbons (Fsp3) is 0.286. The number of allylic oxidation sites excluding steroid dienone is 2. The lowest BCUT2D eigenvalue weighted by Gasteiger charge is -2.24. The molecule has 4 heteroatoms. The summed E-state index contributed by atoms with van der Waals surface area (Å²) >= 11 is 0. The summed E-state index contributed by atoms with van der Waals surface area (Å²) in [5.74, 6) is 1.77. The number of rotatable bonds is 5. The summed E-state index contributed by atoms with van der Waals surface area (Å²) in [5, 5.41) is 3.35. The Morgan fingerprint density at radius 2 is 1.60 bits per heavy atom. The van der Waals surface area contributed by atoms with Gasteiger partial charge in [0.2, 0.25) is 0 Å². The molecular weight excluding hydrogens is 314 g/mol. The molecule has 0 fully saturated rings. The van der Waals surface area contributed by atoms with E-state index in [4.69, 9.17) is 9.47 Å². The molecule has 2 aromatic carbocycles. The topological polar surface area (TPSA) is 47.6 Å². The van der Waals surface area contributed by atoms with Crippen LogP contribution in [0.4, 0.5) is 5.69 Å². The fourth-order valence-electron chi connectivity index (χ4n) is 3.12. The van der Waals surface area contributed by atoms with Gasteiger partial charge < -0.3 is 14.8 Å². The first kappa shape index (κ1) is 17.1. The van der Waals surface area contributed by atoms with Crippen molar-refractivity contribution in [3.63, 3.8) is 0 Å². The number of ketones is 1. The van der Waals surface area contributed by atoms with Gasteiger partial charge >= 0.3 is 0 Å². The van der Waals surface area contributed by atoms with Gasteiger partial charge in [-0.25, -0.2) is 0 Å². The average Bonchev–Trinajstić information content (AvgIpc) is 2.61. The largest absolute Gasteiger partial charge is 0.497 e. The van der Waals surface area contributed by atoms with Crippen LogP contribution in [0.1, 0.15) is 29.9 Å². The number of anilines is 1. The molecule has 0 aromatic heterocycles. The van der Waals surface area contributed by atoms with Crippen LogP contribution in [0.3, 0.4) is 0 Å². The lowest BCUT2D eigenvalue weighted by molar-refractivity contribution is -0.115. The molecule has 2 aromatic rings. The number of carbonyl (C=O) groups excluding carboxylic acids is 1. The lowest BCUT2D eigenvalue weighted by atomic mass is 9.85. The van der Waals surface area contributed by atoms with Gasteiger partial charge in [-0.05, 0) is 24.8 Å². The highest BCUT2D eigenvalue weighted by Gasteiger charge is 2.22. The number of hydrogen-bond acceptors (Lipinski definition) is 4. The van der Waals surface area contributed by atoms with Gasteiger partial charge in [-0.1, -0.05) is 29.8 Å². The number of benzene rings is 2.